The molecule has 3 saturated carbocycles. The molecule has 4 bridgehead atoms. The van der Waals surface area contributed by atoms with Gasteiger partial charge in [0.1, 0.15) is 0 Å². The van der Waals surface area contributed by atoms with E-state index in [1.807, 2.05) is 0 Å². The van der Waals surface area contributed by atoms with Gasteiger partial charge in [0.25, 0.3) is 0 Å². The van der Waals surface area contributed by atoms with Gasteiger partial charge in [0.2, 0.25) is 5.91 Å². The van der Waals surface area contributed by atoms with Crippen molar-refractivity contribution in [2.45, 2.75) is 46.1 Å². The van der Waals surface area contributed by atoms with Gasteiger partial charge in [0, 0.05) is 13.0 Å². The van der Waals surface area contributed by atoms with Gasteiger partial charge in [-0.25, -0.2) is 0 Å². The highest BCUT2D eigenvalue weighted by Gasteiger charge is 2.65. The lowest BCUT2D eigenvalue weighted by Gasteiger charge is -2.41. The van der Waals surface area contributed by atoms with Gasteiger partial charge in [-0.3, -0.25) is 4.79 Å². The lowest BCUT2D eigenvalue weighted by atomic mass is 9.67. The van der Waals surface area contributed by atoms with Crippen LogP contribution in [0.2, 0.25) is 0 Å². The van der Waals surface area contributed by atoms with Gasteiger partial charge >= 0.3 is 0 Å². The van der Waals surface area contributed by atoms with Crippen LogP contribution in [0, 0.1) is 29.1 Å². The van der Waals surface area contributed by atoms with E-state index in [2.05, 4.69) is 19.2 Å². The van der Waals surface area contributed by atoms with E-state index in [0.29, 0.717) is 11.5 Å². The van der Waals surface area contributed by atoms with E-state index in [1.165, 1.54) is 19.3 Å². The molecule has 0 unspecified atom stereocenters. The molecule has 2 nitrogen and oxygen atoms in total. The highest BCUT2D eigenvalue weighted by Crippen LogP contribution is 2.69. The molecule has 0 aromatic heterocycles. The van der Waals surface area contributed by atoms with Crippen LogP contribution in [0.1, 0.15) is 40.0 Å². The summed E-state index contributed by atoms with van der Waals surface area (Å²) in [6, 6.07) is 0.487. The van der Waals surface area contributed by atoms with Crippen LogP contribution in [-0.2, 0) is 4.79 Å². The first-order valence-electron chi connectivity index (χ1n) is 6.29. The zero-order valence-electron chi connectivity index (χ0n) is 9.92. The van der Waals surface area contributed by atoms with Gasteiger partial charge in [-0.15, -0.1) is 0 Å². The zero-order valence-corrected chi connectivity index (χ0v) is 9.92. The summed E-state index contributed by atoms with van der Waals surface area (Å²) in [7, 11) is 0. The average Bonchev–Trinajstić information content (AvgIpc) is 2.63. The number of carbonyl (C=O) groups excluding carboxylic acids is 1. The topological polar surface area (TPSA) is 29.1 Å². The number of hydrogen-bond acceptors (Lipinski definition) is 1. The maximum absolute atomic E-state index is 11.2. The molecule has 0 saturated heterocycles. The molecule has 84 valence electrons. The molecule has 3 fully saturated rings. The maximum atomic E-state index is 11.2. The monoisotopic (exact) mass is 207 g/mol. The molecule has 3 aliphatic carbocycles. The highest BCUT2D eigenvalue weighted by molar-refractivity contribution is 5.73. The molecule has 3 aliphatic rings. The van der Waals surface area contributed by atoms with Crippen LogP contribution in [0.25, 0.3) is 0 Å². The largest absolute Gasteiger partial charge is 0.353 e. The van der Waals surface area contributed by atoms with E-state index in [0.717, 1.165) is 23.7 Å². The predicted molar refractivity (Wildman–Crippen MR) is 59.2 cm³/mol. The van der Waals surface area contributed by atoms with Crippen molar-refractivity contribution >= 4 is 5.91 Å². The van der Waals surface area contributed by atoms with Crippen LogP contribution in [0.3, 0.4) is 0 Å². The van der Waals surface area contributed by atoms with E-state index in [-0.39, 0.29) is 5.91 Å². The van der Waals surface area contributed by atoms with E-state index >= 15 is 0 Å². The molecule has 1 N–H and O–H groups in total. The quantitative estimate of drug-likeness (QED) is 0.701. The second kappa shape index (κ2) is 2.78. The van der Waals surface area contributed by atoms with Crippen LogP contribution in [-0.4, -0.2) is 11.9 Å². The van der Waals surface area contributed by atoms with Crippen LogP contribution in [0.15, 0.2) is 0 Å². The van der Waals surface area contributed by atoms with Gasteiger partial charge in [-0.05, 0) is 48.3 Å². The third-order valence-corrected chi connectivity index (χ3v) is 5.66. The number of rotatable bonds is 1. The van der Waals surface area contributed by atoms with Crippen molar-refractivity contribution in [2.24, 2.45) is 29.1 Å². The van der Waals surface area contributed by atoms with E-state index in [4.69, 9.17) is 0 Å². The predicted octanol–water partition coefficient (Wildman–Crippen LogP) is 2.19. The Balaban J connectivity index is 1.86. The van der Waals surface area contributed by atoms with Crippen LogP contribution in [0.5, 0.6) is 0 Å². The van der Waals surface area contributed by atoms with Crippen molar-refractivity contribution in [1.29, 1.82) is 0 Å². The van der Waals surface area contributed by atoms with Crippen molar-refractivity contribution in [3.8, 4) is 0 Å². The molecule has 0 heterocycles. The molecule has 6 atom stereocenters. The first-order chi connectivity index (χ1) is 7.02. The second-order valence-corrected chi connectivity index (χ2v) is 6.34. The first-order valence-corrected chi connectivity index (χ1v) is 6.29. The smallest absolute Gasteiger partial charge is 0.217 e. The van der Waals surface area contributed by atoms with Crippen LogP contribution < -0.4 is 5.32 Å². The fourth-order valence-corrected chi connectivity index (χ4v) is 5.08. The SMILES string of the molecule is CC(=O)N[C@H]1C[C@@H]2C[C@]3(C)[C@H]1[C@H]2C[C@H]3C. The summed E-state index contributed by atoms with van der Waals surface area (Å²) in [6.45, 7) is 6.51. The van der Waals surface area contributed by atoms with Crippen molar-refractivity contribution in [1.82, 2.24) is 5.32 Å². The molecule has 15 heavy (non-hydrogen) atoms. The molecular weight excluding hydrogens is 186 g/mol. The molecule has 0 aromatic rings. The Bertz CT molecular complexity index is 314. The normalized spacial score (nSPS) is 56.1. The Kier molecular flexibility index (Phi) is 1.79. The number of nitrogens with one attached hydrogen (secondary N) is 1. The molecule has 1 amide bonds. The number of hydrogen-bond donors (Lipinski definition) is 1. The fourth-order valence-electron chi connectivity index (χ4n) is 5.08. The third-order valence-electron chi connectivity index (χ3n) is 5.66. The minimum Gasteiger partial charge on any atom is -0.353 e. The Hall–Kier alpha value is -0.530. The van der Waals surface area contributed by atoms with Crippen molar-refractivity contribution in [3.63, 3.8) is 0 Å². The summed E-state index contributed by atoms with van der Waals surface area (Å²) in [5.74, 6) is 3.62. The van der Waals surface area contributed by atoms with E-state index in [1.54, 1.807) is 6.92 Å². The summed E-state index contributed by atoms with van der Waals surface area (Å²) in [6.07, 6.45) is 4.07. The second-order valence-electron chi connectivity index (χ2n) is 6.34. The molecule has 3 rings (SSSR count). The number of carbonyl (C=O) groups is 1. The van der Waals surface area contributed by atoms with E-state index < -0.39 is 0 Å². The summed E-state index contributed by atoms with van der Waals surface area (Å²) in [5, 5.41) is 3.18. The third kappa shape index (κ3) is 1.08. The van der Waals surface area contributed by atoms with Gasteiger partial charge in [0.05, 0.1) is 0 Å². The highest BCUT2D eigenvalue weighted by atomic mass is 16.1. The van der Waals surface area contributed by atoms with Gasteiger partial charge in [-0.1, -0.05) is 13.8 Å². The summed E-state index contributed by atoms with van der Waals surface area (Å²) in [4.78, 5) is 11.2. The lowest BCUT2D eigenvalue weighted by molar-refractivity contribution is -0.120. The Morgan fingerprint density at radius 3 is 2.73 bits per heavy atom. The van der Waals surface area contributed by atoms with Crippen molar-refractivity contribution < 1.29 is 4.79 Å². The van der Waals surface area contributed by atoms with Gasteiger partial charge in [0.15, 0.2) is 0 Å². The summed E-state index contributed by atoms with van der Waals surface area (Å²) < 4.78 is 0. The van der Waals surface area contributed by atoms with Gasteiger partial charge < -0.3 is 5.32 Å². The molecule has 2 heteroatoms. The molecule has 0 aliphatic heterocycles. The van der Waals surface area contributed by atoms with Crippen LogP contribution in [0.4, 0.5) is 0 Å². The standard InChI is InChI=1S/C13H21NO/c1-7-4-10-9-5-11(14-8(2)15)12(10)13(7,3)6-9/h7,9-12H,4-6H2,1-3H3,(H,14,15)/t7-,9-,10+,11+,12+,13+/m1/s1. The van der Waals surface area contributed by atoms with Gasteiger partial charge in [-0.2, -0.15) is 0 Å². The van der Waals surface area contributed by atoms with Crippen molar-refractivity contribution in [3.05, 3.63) is 0 Å². The Morgan fingerprint density at radius 1 is 1.40 bits per heavy atom. The Morgan fingerprint density at radius 2 is 2.13 bits per heavy atom. The molecule has 0 aromatic carbocycles. The minimum absolute atomic E-state index is 0.156. The maximum Gasteiger partial charge on any atom is 0.217 e. The molecular formula is C13H21NO. The number of amides is 1. The van der Waals surface area contributed by atoms with Crippen molar-refractivity contribution in [2.75, 3.05) is 0 Å². The van der Waals surface area contributed by atoms with Crippen LogP contribution >= 0.6 is 0 Å². The lowest BCUT2D eigenvalue weighted by Crippen LogP contribution is -2.44. The van der Waals surface area contributed by atoms with E-state index in [9.17, 15) is 4.79 Å². The summed E-state index contributed by atoms with van der Waals surface area (Å²) in [5.41, 5.74) is 0.528. The fraction of sp³-hybridized carbons (Fsp3) is 0.923. The Labute approximate surface area is 91.8 Å². The first kappa shape index (κ1) is 9.68. The molecule has 0 spiro atoms. The molecule has 0 radical (unpaired) electrons. The zero-order chi connectivity index (χ0) is 10.8. The minimum atomic E-state index is 0.156. The summed E-state index contributed by atoms with van der Waals surface area (Å²) >= 11 is 0. The average molecular weight is 207 g/mol.